The Morgan fingerprint density at radius 2 is 1.67 bits per heavy atom. The van der Waals surface area contributed by atoms with E-state index in [2.05, 4.69) is 27.6 Å². The fourth-order valence-corrected chi connectivity index (χ4v) is 2.88. The first kappa shape index (κ1) is 19.1. The van der Waals surface area contributed by atoms with Crippen molar-refractivity contribution in [3.05, 3.63) is 82.5 Å². The Bertz CT molecular complexity index is 863. The van der Waals surface area contributed by atoms with Crippen molar-refractivity contribution in [3.63, 3.8) is 0 Å². The summed E-state index contributed by atoms with van der Waals surface area (Å²) in [6.45, 7) is 1.94. The summed E-state index contributed by atoms with van der Waals surface area (Å²) >= 11 is 5.89. The van der Waals surface area contributed by atoms with E-state index in [-0.39, 0.29) is 11.9 Å². The molecule has 140 valence electrons. The quantitative estimate of drug-likeness (QED) is 0.629. The van der Waals surface area contributed by atoms with Crippen molar-refractivity contribution < 1.29 is 9.21 Å². The molecule has 2 aromatic carbocycles. The van der Waals surface area contributed by atoms with Gasteiger partial charge in [-0.25, -0.2) is 0 Å². The second-order valence-corrected chi connectivity index (χ2v) is 6.85. The van der Waals surface area contributed by atoms with Crippen LogP contribution in [0.25, 0.3) is 0 Å². The maximum absolute atomic E-state index is 12.2. The van der Waals surface area contributed by atoms with Gasteiger partial charge in [0.1, 0.15) is 0 Å². The van der Waals surface area contributed by atoms with Crippen LogP contribution in [-0.2, 0) is 24.1 Å². The third-order valence-electron chi connectivity index (χ3n) is 4.29. The Morgan fingerprint density at radius 3 is 2.37 bits per heavy atom. The van der Waals surface area contributed by atoms with Gasteiger partial charge in [0.05, 0.1) is 6.04 Å². The second kappa shape index (κ2) is 9.33. The van der Waals surface area contributed by atoms with Crippen molar-refractivity contribution in [1.82, 2.24) is 15.5 Å². The van der Waals surface area contributed by atoms with Crippen molar-refractivity contribution in [1.29, 1.82) is 0 Å². The van der Waals surface area contributed by atoms with Gasteiger partial charge >= 0.3 is 0 Å². The van der Waals surface area contributed by atoms with Gasteiger partial charge in [-0.1, -0.05) is 54.1 Å². The average molecular weight is 384 g/mol. The minimum atomic E-state index is -0.0844. The van der Waals surface area contributed by atoms with E-state index in [9.17, 15) is 4.79 Å². The molecule has 27 heavy (non-hydrogen) atoms. The lowest BCUT2D eigenvalue weighted by molar-refractivity contribution is -0.121. The number of aryl methyl sites for hydroxylation is 3. The van der Waals surface area contributed by atoms with Gasteiger partial charge in [-0.2, -0.15) is 0 Å². The summed E-state index contributed by atoms with van der Waals surface area (Å²) in [4.78, 5) is 12.2. The molecule has 0 aliphatic carbocycles. The predicted molar refractivity (Wildman–Crippen MR) is 104 cm³/mol. The number of aromatic nitrogens is 2. The van der Waals surface area contributed by atoms with Crippen LogP contribution in [0.1, 0.15) is 42.3 Å². The third kappa shape index (κ3) is 5.93. The minimum absolute atomic E-state index is 0.0542. The predicted octanol–water partition coefficient (Wildman–Crippen LogP) is 4.32. The van der Waals surface area contributed by atoms with Crippen LogP contribution in [0.3, 0.4) is 0 Å². The van der Waals surface area contributed by atoms with Crippen LogP contribution in [0.15, 0.2) is 59.0 Å². The Morgan fingerprint density at radius 1 is 1.00 bits per heavy atom. The zero-order valence-corrected chi connectivity index (χ0v) is 15.9. The highest BCUT2D eigenvalue weighted by molar-refractivity contribution is 6.30. The Kier molecular flexibility index (Phi) is 6.60. The molecule has 3 aromatic rings. The van der Waals surface area contributed by atoms with Gasteiger partial charge in [0.15, 0.2) is 0 Å². The number of amides is 1. The van der Waals surface area contributed by atoms with E-state index in [0.717, 1.165) is 12.0 Å². The van der Waals surface area contributed by atoms with Gasteiger partial charge in [-0.05, 0) is 36.6 Å². The number of rotatable bonds is 8. The molecule has 0 saturated heterocycles. The Balaban J connectivity index is 1.43. The van der Waals surface area contributed by atoms with Crippen LogP contribution in [0.2, 0.25) is 5.02 Å². The van der Waals surface area contributed by atoms with Crippen LogP contribution in [0, 0.1) is 0 Å². The normalized spacial score (nSPS) is 11.9. The highest BCUT2D eigenvalue weighted by Gasteiger charge is 2.12. The second-order valence-electron chi connectivity index (χ2n) is 6.42. The lowest BCUT2D eigenvalue weighted by Gasteiger charge is -2.14. The van der Waals surface area contributed by atoms with E-state index in [1.54, 1.807) is 0 Å². The van der Waals surface area contributed by atoms with E-state index >= 15 is 0 Å². The Hall–Kier alpha value is -2.66. The highest BCUT2D eigenvalue weighted by Crippen LogP contribution is 2.16. The Labute approximate surface area is 163 Å². The van der Waals surface area contributed by atoms with Crippen molar-refractivity contribution in [2.24, 2.45) is 0 Å². The number of benzene rings is 2. The molecule has 0 aliphatic rings. The van der Waals surface area contributed by atoms with Crippen LogP contribution in [0.4, 0.5) is 0 Å². The minimum Gasteiger partial charge on any atom is -0.425 e. The molecule has 5 nitrogen and oxygen atoms in total. The summed E-state index contributed by atoms with van der Waals surface area (Å²) in [5, 5.41) is 11.7. The number of carbonyl (C=O) groups is 1. The van der Waals surface area contributed by atoms with Gasteiger partial charge in [0, 0.05) is 24.3 Å². The van der Waals surface area contributed by atoms with Crippen LogP contribution in [-0.4, -0.2) is 16.1 Å². The van der Waals surface area contributed by atoms with Crippen molar-refractivity contribution in [2.75, 3.05) is 0 Å². The highest BCUT2D eigenvalue weighted by atomic mass is 35.5. The number of carbonyl (C=O) groups excluding carboxylic acids is 1. The van der Waals surface area contributed by atoms with Crippen LogP contribution in [0.5, 0.6) is 0 Å². The first-order valence-electron chi connectivity index (χ1n) is 9.00. The van der Waals surface area contributed by atoms with E-state index in [1.807, 2.05) is 49.4 Å². The molecule has 1 aromatic heterocycles. The molecule has 1 heterocycles. The maximum Gasteiger partial charge on any atom is 0.220 e. The third-order valence-corrected chi connectivity index (χ3v) is 4.54. The zero-order valence-electron chi connectivity index (χ0n) is 15.2. The molecule has 1 atom stereocenters. The van der Waals surface area contributed by atoms with Gasteiger partial charge < -0.3 is 9.73 Å². The topological polar surface area (TPSA) is 68.0 Å². The first-order valence-corrected chi connectivity index (χ1v) is 9.38. The zero-order chi connectivity index (χ0) is 19.1. The standard InChI is InChI=1S/C21H22ClN3O2/c1-15(17-8-10-18(22)11-9-17)23-19(26)12-14-21-25-24-20(27-21)13-7-16-5-3-2-4-6-16/h2-6,8-11,15H,7,12-14H2,1H3,(H,23,26)/t15-/m1/s1. The van der Waals surface area contributed by atoms with E-state index in [1.165, 1.54) is 5.56 Å². The monoisotopic (exact) mass is 383 g/mol. The molecule has 0 aliphatic heterocycles. The number of halogens is 1. The number of hydrogen-bond donors (Lipinski definition) is 1. The molecule has 0 bridgehead atoms. The molecule has 0 fully saturated rings. The molecule has 3 rings (SSSR count). The molecule has 0 unspecified atom stereocenters. The van der Waals surface area contributed by atoms with Crippen molar-refractivity contribution in [3.8, 4) is 0 Å². The first-order chi connectivity index (χ1) is 13.1. The lowest BCUT2D eigenvalue weighted by Crippen LogP contribution is -2.26. The van der Waals surface area contributed by atoms with Crippen LogP contribution < -0.4 is 5.32 Å². The number of nitrogens with one attached hydrogen (secondary N) is 1. The SMILES string of the molecule is C[C@@H](NC(=O)CCc1nnc(CCc2ccccc2)o1)c1ccc(Cl)cc1. The van der Waals surface area contributed by atoms with Crippen molar-refractivity contribution >= 4 is 17.5 Å². The number of nitrogens with zero attached hydrogens (tertiary/aromatic N) is 2. The smallest absolute Gasteiger partial charge is 0.220 e. The van der Waals surface area contributed by atoms with Gasteiger partial charge in [-0.15, -0.1) is 10.2 Å². The molecule has 1 amide bonds. The average Bonchev–Trinajstić information content (AvgIpc) is 3.14. The van der Waals surface area contributed by atoms with E-state index < -0.39 is 0 Å². The van der Waals surface area contributed by atoms with Crippen molar-refractivity contribution in [2.45, 2.75) is 38.6 Å². The lowest BCUT2D eigenvalue weighted by atomic mass is 10.1. The fourth-order valence-electron chi connectivity index (χ4n) is 2.76. The summed E-state index contributed by atoms with van der Waals surface area (Å²) in [6, 6.07) is 17.5. The fraction of sp³-hybridized carbons (Fsp3) is 0.286. The molecule has 6 heteroatoms. The number of hydrogen-bond acceptors (Lipinski definition) is 4. The molecule has 0 spiro atoms. The maximum atomic E-state index is 12.2. The summed E-state index contributed by atoms with van der Waals surface area (Å²) in [5.74, 6) is 1.04. The van der Waals surface area contributed by atoms with Gasteiger partial charge in [0.25, 0.3) is 0 Å². The summed E-state index contributed by atoms with van der Waals surface area (Å²) in [6.07, 6.45) is 2.27. The summed E-state index contributed by atoms with van der Waals surface area (Å²) < 4.78 is 5.64. The molecule has 0 saturated carbocycles. The molecular weight excluding hydrogens is 362 g/mol. The molecule has 0 radical (unpaired) electrons. The molecule has 1 N–H and O–H groups in total. The van der Waals surface area contributed by atoms with E-state index in [4.69, 9.17) is 16.0 Å². The van der Waals surface area contributed by atoms with Crippen LogP contribution >= 0.6 is 11.6 Å². The van der Waals surface area contributed by atoms with Gasteiger partial charge in [0.2, 0.25) is 17.7 Å². The largest absolute Gasteiger partial charge is 0.425 e. The van der Waals surface area contributed by atoms with E-state index in [0.29, 0.717) is 36.1 Å². The molecular formula is C21H22ClN3O2. The summed E-state index contributed by atoms with van der Waals surface area (Å²) in [7, 11) is 0. The summed E-state index contributed by atoms with van der Waals surface area (Å²) in [5.41, 5.74) is 2.24. The van der Waals surface area contributed by atoms with Gasteiger partial charge in [-0.3, -0.25) is 4.79 Å².